The zero-order valence-electron chi connectivity index (χ0n) is 15.2. The minimum atomic E-state index is -0.454. The number of esters is 1. The Hall–Kier alpha value is -1.99. The number of imide groups is 1. The van der Waals surface area contributed by atoms with Crippen molar-refractivity contribution in [3.63, 3.8) is 0 Å². The van der Waals surface area contributed by atoms with E-state index in [1.807, 2.05) is 6.07 Å². The van der Waals surface area contributed by atoms with Crippen LogP contribution in [0.15, 0.2) is 54.6 Å². The molecule has 2 bridgehead atoms. The molecule has 0 radical (unpaired) electrons. The number of ether oxygens (including phenoxy) is 1. The number of amides is 2. The number of fused-ring (bicyclic) bond motifs is 5. The van der Waals surface area contributed by atoms with Gasteiger partial charge in [0.1, 0.15) is 5.75 Å². The van der Waals surface area contributed by atoms with Crippen LogP contribution in [0, 0.1) is 23.7 Å². The standard InChI is InChI=1S/C22H17Br2NO4/c23-18-14-10-15(19(18)24)17-16(14)20(26)25(21(17)27)12-6-8-13(9-7-12)29-22(28)11-4-2-1-3-5-11/h1-9,14-19H,10H2/t14-,15-,16-,17-,18+,19+/m1/s1. The van der Waals surface area contributed by atoms with E-state index in [2.05, 4.69) is 31.9 Å². The van der Waals surface area contributed by atoms with Crippen molar-refractivity contribution in [2.24, 2.45) is 23.7 Å². The molecule has 6 atom stereocenters. The molecule has 2 aromatic rings. The molecular formula is C22H17Br2NO4. The van der Waals surface area contributed by atoms with Crippen molar-refractivity contribution in [3.05, 3.63) is 60.2 Å². The van der Waals surface area contributed by atoms with Crippen LogP contribution in [0.3, 0.4) is 0 Å². The highest BCUT2D eigenvalue weighted by atomic mass is 79.9. The van der Waals surface area contributed by atoms with E-state index in [1.54, 1.807) is 48.5 Å². The minimum absolute atomic E-state index is 0.120. The maximum absolute atomic E-state index is 13.1. The molecule has 2 saturated carbocycles. The van der Waals surface area contributed by atoms with Gasteiger partial charge in [-0.05, 0) is 54.7 Å². The molecule has 1 heterocycles. The molecule has 2 aliphatic carbocycles. The van der Waals surface area contributed by atoms with Crippen LogP contribution in [-0.4, -0.2) is 27.4 Å². The second-order valence-corrected chi connectivity index (χ2v) is 9.88. The molecule has 0 aromatic heterocycles. The Morgan fingerprint density at radius 1 is 0.862 bits per heavy atom. The highest BCUT2D eigenvalue weighted by Gasteiger charge is 2.66. The summed E-state index contributed by atoms with van der Waals surface area (Å²) in [5.41, 5.74) is 0.976. The van der Waals surface area contributed by atoms with Crippen LogP contribution >= 0.6 is 31.9 Å². The van der Waals surface area contributed by atoms with Gasteiger partial charge in [-0.2, -0.15) is 0 Å². The first-order chi connectivity index (χ1) is 14.0. The van der Waals surface area contributed by atoms with E-state index in [0.29, 0.717) is 17.0 Å². The third-order valence-corrected chi connectivity index (χ3v) is 9.51. The van der Waals surface area contributed by atoms with Crippen molar-refractivity contribution in [1.29, 1.82) is 0 Å². The van der Waals surface area contributed by atoms with Gasteiger partial charge in [-0.1, -0.05) is 50.1 Å². The molecule has 0 N–H and O–H groups in total. The van der Waals surface area contributed by atoms with Gasteiger partial charge in [-0.3, -0.25) is 14.5 Å². The molecule has 0 unspecified atom stereocenters. The van der Waals surface area contributed by atoms with Crippen LogP contribution in [0.1, 0.15) is 16.8 Å². The largest absolute Gasteiger partial charge is 0.423 e. The Morgan fingerprint density at radius 3 is 1.97 bits per heavy atom. The first-order valence-electron chi connectivity index (χ1n) is 9.50. The Labute approximate surface area is 184 Å². The van der Waals surface area contributed by atoms with Gasteiger partial charge in [-0.15, -0.1) is 0 Å². The van der Waals surface area contributed by atoms with E-state index < -0.39 is 5.97 Å². The lowest BCUT2D eigenvalue weighted by molar-refractivity contribution is -0.123. The van der Waals surface area contributed by atoms with Crippen molar-refractivity contribution in [1.82, 2.24) is 0 Å². The number of carbonyl (C=O) groups excluding carboxylic acids is 3. The lowest BCUT2D eigenvalue weighted by Gasteiger charge is -2.28. The monoisotopic (exact) mass is 517 g/mol. The van der Waals surface area contributed by atoms with Crippen LogP contribution < -0.4 is 9.64 Å². The fourth-order valence-corrected chi connectivity index (χ4v) is 6.88. The Kier molecular flexibility index (Phi) is 4.62. The van der Waals surface area contributed by atoms with Crippen LogP contribution in [0.2, 0.25) is 0 Å². The van der Waals surface area contributed by atoms with Crippen LogP contribution in [0.5, 0.6) is 5.75 Å². The third kappa shape index (κ3) is 2.89. The minimum Gasteiger partial charge on any atom is -0.423 e. The van der Waals surface area contributed by atoms with Gasteiger partial charge < -0.3 is 4.74 Å². The summed E-state index contributed by atoms with van der Waals surface area (Å²) < 4.78 is 5.38. The van der Waals surface area contributed by atoms with Gasteiger partial charge in [-0.25, -0.2) is 4.79 Å². The summed E-state index contributed by atoms with van der Waals surface area (Å²) in [5, 5.41) is 0. The number of benzene rings is 2. The summed E-state index contributed by atoms with van der Waals surface area (Å²) in [6.45, 7) is 0. The predicted molar refractivity (Wildman–Crippen MR) is 114 cm³/mol. The molecule has 2 amide bonds. The van der Waals surface area contributed by atoms with Gasteiger partial charge in [0.15, 0.2) is 0 Å². The molecule has 148 valence electrons. The van der Waals surface area contributed by atoms with Gasteiger partial charge in [0.05, 0.1) is 23.1 Å². The topological polar surface area (TPSA) is 63.7 Å². The van der Waals surface area contributed by atoms with Crippen LogP contribution in [-0.2, 0) is 9.59 Å². The van der Waals surface area contributed by atoms with Gasteiger partial charge in [0, 0.05) is 9.65 Å². The van der Waals surface area contributed by atoms with Crippen molar-refractivity contribution < 1.29 is 19.1 Å². The summed E-state index contributed by atoms with van der Waals surface area (Å²) >= 11 is 7.39. The molecule has 3 aliphatic rings. The molecule has 1 saturated heterocycles. The van der Waals surface area contributed by atoms with Gasteiger partial charge in [0.25, 0.3) is 0 Å². The van der Waals surface area contributed by atoms with E-state index in [9.17, 15) is 14.4 Å². The van der Waals surface area contributed by atoms with Gasteiger partial charge in [0.2, 0.25) is 11.8 Å². The molecule has 29 heavy (non-hydrogen) atoms. The number of nitrogens with zero attached hydrogens (tertiary/aromatic N) is 1. The van der Waals surface area contributed by atoms with E-state index in [4.69, 9.17) is 4.74 Å². The smallest absolute Gasteiger partial charge is 0.343 e. The molecular weight excluding hydrogens is 502 g/mol. The number of hydrogen-bond acceptors (Lipinski definition) is 4. The Balaban J connectivity index is 1.35. The quantitative estimate of drug-likeness (QED) is 0.264. The molecule has 3 fully saturated rings. The Bertz CT molecular complexity index is 962. The number of carbonyl (C=O) groups is 3. The summed E-state index contributed by atoms with van der Waals surface area (Å²) in [6.07, 6.45) is 0.904. The fraction of sp³-hybridized carbons (Fsp3) is 0.318. The highest BCUT2D eigenvalue weighted by Crippen LogP contribution is 2.60. The number of rotatable bonds is 3. The lowest BCUT2D eigenvalue weighted by Crippen LogP contribution is -2.37. The number of anilines is 1. The van der Waals surface area contributed by atoms with E-state index in [1.165, 1.54) is 4.90 Å². The first-order valence-corrected chi connectivity index (χ1v) is 11.3. The third-order valence-electron chi connectivity index (χ3n) is 6.30. The Morgan fingerprint density at radius 2 is 1.41 bits per heavy atom. The second-order valence-electron chi connectivity index (χ2n) is 7.77. The molecule has 5 rings (SSSR count). The van der Waals surface area contributed by atoms with Crippen molar-refractivity contribution >= 4 is 55.3 Å². The van der Waals surface area contributed by atoms with E-state index in [-0.39, 0.29) is 45.1 Å². The molecule has 1 aliphatic heterocycles. The second kappa shape index (κ2) is 7.06. The lowest BCUT2D eigenvalue weighted by atomic mass is 9.81. The van der Waals surface area contributed by atoms with Gasteiger partial charge >= 0.3 is 5.97 Å². The maximum atomic E-state index is 13.1. The zero-order valence-corrected chi connectivity index (χ0v) is 18.4. The van der Waals surface area contributed by atoms with Crippen molar-refractivity contribution in [3.8, 4) is 5.75 Å². The average Bonchev–Trinajstić information content (AvgIpc) is 3.34. The molecule has 2 aromatic carbocycles. The summed E-state index contributed by atoms with van der Waals surface area (Å²) in [7, 11) is 0. The summed E-state index contributed by atoms with van der Waals surface area (Å²) in [5.74, 6) is -0.463. The fourth-order valence-electron chi connectivity index (χ4n) is 5.01. The van der Waals surface area contributed by atoms with E-state index >= 15 is 0 Å². The summed E-state index contributed by atoms with van der Waals surface area (Å²) in [6, 6.07) is 15.3. The normalized spacial score (nSPS) is 32.6. The first kappa shape index (κ1) is 19.0. The van der Waals surface area contributed by atoms with E-state index in [0.717, 1.165) is 6.42 Å². The van der Waals surface area contributed by atoms with Crippen molar-refractivity contribution in [2.45, 2.75) is 16.1 Å². The van der Waals surface area contributed by atoms with Crippen molar-refractivity contribution in [2.75, 3.05) is 4.90 Å². The SMILES string of the molecule is O=C(Oc1ccc(N2C(=O)[C@@H]3[C@H]4C[C@@H]([C@H](Br)[C@H]4Br)[C@H]3C2=O)cc1)c1ccccc1. The highest BCUT2D eigenvalue weighted by molar-refractivity contribution is 9.12. The number of hydrogen-bond donors (Lipinski definition) is 0. The molecule has 0 spiro atoms. The molecule has 7 heteroatoms. The number of alkyl halides is 2. The zero-order chi connectivity index (χ0) is 20.3. The predicted octanol–water partition coefficient (Wildman–Crippen LogP) is 4.19. The van der Waals surface area contributed by atoms with Crippen LogP contribution in [0.25, 0.3) is 0 Å². The summed E-state index contributed by atoms with van der Waals surface area (Å²) in [4.78, 5) is 40.1. The average molecular weight is 519 g/mol. The van der Waals surface area contributed by atoms with Crippen LogP contribution in [0.4, 0.5) is 5.69 Å². The number of halogens is 2. The molecule has 5 nitrogen and oxygen atoms in total. The maximum Gasteiger partial charge on any atom is 0.343 e.